The molecule has 31 heavy (non-hydrogen) atoms. The molecule has 2 aromatic carbocycles. The fourth-order valence-corrected chi connectivity index (χ4v) is 3.47. The van der Waals surface area contributed by atoms with Crippen LogP contribution in [0.2, 0.25) is 0 Å². The Bertz CT molecular complexity index is 928. The molecule has 0 saturated carbocycles. The van der Waals surface area contributed by atoms with Crippen molar-refractivity contribution in [1.82, 2.24) is 4.90 Å². The van der Waals surface area contributed by atoms with Crippen LogP contribution in [-0.4, -0.2) is 34.7 Å². The van der Waals surface area contributed by atoms with Gasteiger partial charge in [0.05, 0.1) is 17.2 Å². The molecule has 1 aliphatic rings. The third-order valence-electron chi connectivity index (χ3n) is 4.93. The Labute approximate surface area is 174 Å². The van der Waals surface area contributed by atoms with Crippen LogP contribution >= 0.6 is 0 Å². The van der Waals surface area contributed by atoms with E-state index >= 15 is 0 Å². The summed E-state index contributed by atoms with van der Waals surface area (Å²) in [5.41, 5.74) is -1.25. The van der Waals surface area contributed by atoms with Gasteiger partial charge in [0.2, 0.25) is 0 Å². The fourth-order valence-electron chi connectivity index (χ4n) is 3.47. The number of benzene rings is 2. The summed E-state index contributed by atoms with van der Waals surface area (Å²) in [5, 5.41) is 9.94. The first kappa shape index (κ1) is 23.1. The van der Waals surface area contributed by atoms with Crippen molar-refractivity contribution in [3.05, 3.63) is 70.8 Å². The molecule has 168 valence electrons. The van der Waals surface area contributed by atoms with Crippen LogP contribution in [0.15, 0.2) is 48.5 Å². The van der Waals surface area contributed by atoms with E-state index in [0.717, 1.165) is 24.3 Å². The van der Waals surface area contributed by atoms with Gasteiger partial charge in [0.1, 0.15) is 12.6 Å². The number of nitrogens with zero attached hydrogens (tertiary/aromatic N) is 1. The Balaban J connectivity index is 1.66. The van der Waals surface area contributed by atoms with Crippen molar-refractivity contribution in [1.29, 1.82) is 0 Å². The van der Waals surface area contributed by atoms with Crippen LogP contribution in [-0.2, 0) is 35.0 Å². The number of alkyl halides is 6. The van der Waals surface area contributed by atoms with Crippen molar-refractivity contribution in [3.8, 4) is 0 Å². The van der Waals surface area contributed by atoms with E-state index in [9.17, 15) is 36.2 Å². The van der Waals surface area contributed by atoms with Gasteiger partial charge in [-0.1, -0.05) is 30.3 Å². The fraction of sp³-hybridized carbons (Fsp3) is 0.381. The van der Waals surface area contributed by atoms with Gasteiger partial charge < -0.3 is 9.84 Å². The van der Waals surface area contributed by atoms with E-state index in [1.165, 1.54) is 29.2 Å². The predicted octanol–water partition coefficient (Wildman–Crippen LogP) is 4.40. The second-order valence-corrected chi connectivity index (χ2v) is 7.34. The molecule has 1 saturated heterocycles. The minimum atomic E-state index is -4.53. The summed E-state index contributed by atoms with van der Waals surface area (Å²) >= 11 is 0. The second kappa shape index (κ2) is 8.88. The Morgan fingerprint density at radius 1 is 0.968 bits per heavy atom. The Morgan fingerprint density at radius 3 is 2.10 bits per heavy atom. The Morgan fingerprint density at radius 2 is 1.52 bits per heavy atom. The Hall–Kier alpha value is -2.59. The maximum atomic E-state index is 12.9. The first-order valence-corrected chi connectivity index (χ1v) is 9.34. The highest BCUT2D eigenvalue weighted by Gasteiger charge is 2.38. The van der Waals surface area contributed by atoms with Gasteiger partial charge >= 0.3 is 18.3 Å². The molecule has 0 unspecified atom stereocenters. The number of hydrogen-bond acceptors (Lipinski definition) is 4. The third kappa shape index (κ3) is 5.98. The molecule has 2 atom stereocenters. The molecule has 0 bridgehead atoms. The monoisotopic (exact) mass is 447 g/mol. The number of ether oxygens (including phenoxy) is 1. The summed E-state index contributed by atoms with van der Waals surface area (Å²) in [6, 6.07) is 8.06. The van der Waals surface area contributed by atoms with Crippen molar-refractivity contribution >= 4 is 5.97 Å². The summed E-state index contributed by atoms with van der Waals surface area (Å²) in [7, 11) is 0. The largest absolute Gasteiger partial charge is 0.460 e. The molecule has 1 aliphatic heterocycles. The first-order valence-electron chi connectivity index (χ1n) is 9.34. The van der Waals surface area contributed by atoms with Gasteiger partial charge in [-0.15, -0.1) is 0 Å². The predicted molar refractivity (Wildman–Crippen MR) is 97.5 cm³/mol. The first-order chi connectivity index (χ1) is 14.4. The molecule has 0 spiro atoms. The van der Waals surface area contributed by atoms with Crippen LogP contribution in [0.4, 0.5) is 26.3 Å². The van der Waals surface area contributed by atoms with Gasteiger partial charge in [-0.2, -0.15) is 26.3 Å². The standard InChI is InChI=1S/C21H19F6NO3/c22-20(23,24)15-5-1-3-13(7-15)10-28-11-17(29)9-18(28)19(30)31-12-14-4-2-6-16(8-14)21(25,26)27/h1-8,17-18,29H,9-12H2/t17-,18+/m0/s1. The highest BCUT2D eigenvalue weighted by Crippen LogP contribution is 2.31. The van der Waals surface area contributed by atoms with Crippen LogP contribution in [0.5, 0.6) is 0 Å². The van der Waals surface area contributed by atoms with Gasteiger partial charge in [0.15, 0.2) is 0 Å². The van der Waals surface area contributed by atoms with Gasteiger partial charge in [-0.05, 0) is 29.3 Å². The number of likely N-dealkylation sites (tertiary alicyclic amines) is 1. The van der Waals surface area contributed by atoms with E-state index in [2.05, 4.69) is 0 Å². The molecule has 1 N–H and O–H groups in total. The summed E-state index contributed by atoms with van der Waals surface area (Å²) in [6.07, 6.45) is -9.90. The number of halogens is 6. The number of carbonyl (C=O) groups excluding carboxylic acids is 1. The lowest BCUT2D eigenvalue weighted by molar-refractivity contribution is -0.150. The molecule has 0 aliphatic carbocycles. The van der Waals surface area contributed by atoms with E-state index in [1.54, 1.807) is 0 Å². The number of hydrogen-bond donors (Lipinski definition) is 1. The minimum Gasteiger partial charge on any atom is -0.460 e. The van der Waals surface area contributed by atoms with Crippen molar-refractivity contribution < 1.29 is 41.0 Å². The molecule has 1 heterocycles. The van der Waals surface area contributed by atoms with Crippen molar-refractivity contribution in [2.24, 2.45) is 0 Å². The topological polar surface area (TPSA) is 49.8 Å². The highest BCUT2D eigenvalue weighted by molar-refractivity contribution is 5.76. The third-order valence-corrected chi connectivity index (χ3v) is 4.93. The summed E-state index contributed by atoms with van der Waals surface area (Å²) in [4.78, 5) is 14.0. The number of aliphatic hydroxyl groups is 1. The number of rotatable bonds is 5. The zero-order valence-electron chi connectivity index (χ0n) is 16.1. The van der Waals surface area contributed by atoms with E-state index in [0.29, 0.717) is 5.56 Å². The summed E-state index contributed by atoms with van der Waals surface area (Å²) in [6.45, 7) is -0.364. The highest BCUT2D eigenvalue weighted by atomic mass is 19.4. The molecule has 0 radical (unpaired) electrons. The van der Waals surface area contributed by atoms with Gasteiger partial charge in [-0.25, -0.2) is 0 Å². The second-order valence-electron chi connectivity index (χ2n) is 7.34. The van der Waals surface area contributed by atoms with E-state index in [1.807, 2.05) is 0 Å². The molecule has 0 amide bonds. The smallest absolute Gasteiger partial charge is 0.416 e. The average molecular weight is 447 g/mol. The summed E-state index contributed by atoms with van der Waals surface area (Å²) < 4.78 is 82.3. The van der Waals surface area contributed by atoms with Gasteiger partial charge in [0.25, 0.3) is 0 Å². The zero-order chi connectivity index (χ0) is 22.8. The number of esters is 1. The number of β-amino-alcohol motifs (C(OH)–C–C–N with tert-alkyl or cyclic N) is 1. The molecule has 3 rings (SSSR count). The molecule has 0 aromatic heterocycles. The van der Waals surface area contributed by atoms with E-state index < -0.39 is 48.2 Å². The maximum Gasteiger partial charge on any atom is 0.416 e. The van der Waals surface area contributed by atoms with Crippen LogP contribution in [0.1, 0.15) is 28.7 Å². The van der Waals surface area contributed by atoms with Crippen molar-refractivity contribution in [2.75, 3.05) is 6.54 Å². The lowest BCUT2D eigenvalue weighted by Crippen LogP contribution is -2.36. The quantitative estimate of drug-likeness (QED) is 0.545. The lowest BCUT2D eigenvalue weighted by atomic mass is 10.1. The van der Waals surface area contributed by atoms with E-state index in [-0.39, 0.29) is 25.1 Å². The number of carbonyl (C=O) groups is 1. The molecule has 2 aromatic rings. The lowest BCUT2D eigenvalue weighted by Gasteiger charge is -2.23. The number of aliphatic hydroxyl groups excluding tert-OH is 1. The van der Waals surface area contributed by atoms with Gasteiger partial charge in [0, 0.05) is 19.5 Å². The van der Waals surface area contributed by atoms with Crippen molar-refractivity contribution in [3.63, 3.8) is 0 Å². The Kier molecular flexibility index (Phi) is 6.61. The van der Waals surface area contributed by atoms with E-state index in [4.69, 9.17) is 4.74 Å². The molecular formula is C21H19F6NO3. The molecule has 1 fully saturated rings. The van der Waals surface area contributed by atoms with Crippen molar-refractivity contribution in [2.45, 2.75) is 44.1 Å². The molecular weight excluding hydrogens is 428 g/mol. The SMILES string of the molecule is O=C(OCc1cccc(C(F)(F)F)c1)[C@H]1C[C@H](O)CN1Cc1cccc(C(F)(F)F)c1. The van der Waals surface area contributed by atoms with Crippen LogP contribution in [0.25, 0.3) is 0 Å². The van der Waals surface area contributed by atoms with Gasteiger partial charge in [-0.3, -0.25) is 9.69 Å². The minimum absolute atomic E-state index is 0.0143. The zero-order valence-corrected chi connectivity index (χ0v) is 16.1. The normalized spacial score (nSPS) is 20.1. The van der Waals surface area contributed by atoms with Crippen LogP contribution in [0.3, 0.4) is 0 Å². The maximum absolute atomic E-state index is 12.9. The molecule has 4 nitrogen and oxygen atoms in total. The van der Waals surface area contributed by atoms with Crippen LogP contribution < -0.4 is 0 Å². The average Bonchev–Trinajstić information content (AvgIpc) is 3.05. The van der Waals surface area contributed by atoms with Crippen LogP contribution in [0, 0.1) is 0 Å². The summed E-state index contributed by atoms with van der Waals surface area (Å²) in [5.74, 6) is -0.763. The molecule has 10 heteroatoms.